The molecule has 0 saturated heterocycles. The lowest BCUT2D eigenvalue weighted by Crippen LogP contribution is -2.52. The van der Waals surface area contributed by atoms with Gasteiger partial charge in [0.25, 0.3) is 0 Å². The first-order valence-corrected chi connectivity index (χ1v) is 18.7. The van der Waals surface area contributed by atoms with Gasteiger partial charge in [0.05, 0.1) is 17.1 Å². The molecule has 7 rings (SSSR count). The Kier molecular flexibility index (Phi) is 10.9. The molecule has 1 aromatic heterocycles. The minimum absolute atomic E-state index is 0.274. The van der Waals surface area contributed by atoms with Crippen LogP contribution in [0.1, 0.15) is 33.4 Å². The second-order valence-corrected chi connectivity index (χ2v) is 14.5. The van der Waals surface area contributed by atoms with Crippen LogP contribution in [0.4, 0.5) is 0 Å². The van der Waals surface area contributed by atoms with Gasteiger partial charge < -0.3 is 0 Å². The fourth-order valence-electron chi connectivity index (χ4n) is 5.32. The maximum absolute atomic E-state index is 14.2. The van der Waals surface area contributed by atoms with Crippen LogP contribution in [-0.2, 0) is 0 Å². The van der Waals surface area contributed by atoms with Crippen molar-refractivity contribution in [1.82, 2.24) is 13.7 Å². The number of nitrogens with zero attached hydrogens (tertiary/aromatic N) is 3. The zero-order chi connectivity index (χ0) is 37.6. The van der Waals surface area contributed by atoms with E-state index in [9.17, 15) is 14.4 Å². The highest BCUT2D eigenvalue weighted by Gasteiger charge is 2.19. The fourth-order valence-corrected chi connectivity index (χ4v) is 6.12. The third-order valence-electron chi connectivity index (χ3n) is 8.11. The Morgan fingerprint density at radius 1 is 0.278 bits per heavy atom. The average Bonchev–Trinajstić information content (AvgIpc) is 3.19. The molecule has 0 bridgehead atoms. The van der Waals surface area contributed by atoms with E-state index < -0.39 is 17.1 Å². The molecule has 0 radical (unpaired) electrons. The van der Waals surface area contributed by atoms with Gasteiger partial charge in [0.15, 0.2) is 0 Å². The number of benzene rings is 6. The van der Waals surface area contributed by atoms with Crippen molar-refractivity contribution in [2.24, 2.45) is 0 Å². The van der Waals surface area contributed by atoms with E-state index in [1.54, 1.807) is 72.8 Å². The lowest BCUT2D eigenvalue weighted by molar-refractivity contribution is 0.659. The summed E-state index contributed by atoms with van der Waals surface area (Å²) in [7, 11) is 0. The SMILES string of the molecule is O=c1n(-c2ccc(C#Cc3ccc(Br)cc3)cc2)c(=O)n(-c2ccc(C#Cc3ccc(Br)cc3)cc2)c(=O)n1-c1ccc(C#Cc2ccc(Br)cc2)cc1. The zero-order valence-corrected chi connectivity index (χ0v) is 32.8. The molecule has 0 fully saturated rings. The minimum Gasteiger partial charge on any atom is -0.246 e. The summed E-state index contributed by atoms with van der Waals surface area (Å²) in [5, 5.41) is 0. The molecular weight excluding hydrogens is 870 g/mol. The normalized spacial score (nSPS) is 10.3. The Hall–Kier alpha value is -6.15. The van der Waals surface area contributed by atoms with Crippen LogP contribution in [-0.4, -0.2) is 13.7 Å². The van der Waals surface area contributed by atoms with E-state index in [1.807, 2.05) is 72.8 Å². The van der Waals surface area contributed by atoms with Crippen molar-refractivity contribution < 1.29 is 0 Å². The molecule has 0 N–H and O–H groups in total. The smallest absolute Gasteiger partial charge is 0.246 e. The summed E-state index contributed by atoms with van der Waals surface area (Å²) in [5.74, 6) is 18.7. The summed E-state index contributed by atoms with van der Waals surface area (Å²) < 4.78 is 5.81. The van der Waals surface area contributed by atoms with Crippen molar-refractivity contribution in [1.29, 1.82) is 0 Å². The van der Waals surface area contributed by atoms with Gasteiger partial charge in [-0.1, -0.05) is 83.3 Å². The molecule has 6 nitrogen and oxygen atoms in total. The van der Waals surface area contributed by atoms with Crippen LogP contribution < -0.4 is 17.1 Å². The molecule has 0 aliphatic heterocycles. The predicted molar refractivity (Wildman–Crippen MR) is 224 cm³/mol. The molecule has 0 spiro atoms. The van der Waals surface area contributed by atoms with E-state index in [2.05, 4.69) is 83.3 Å². The van der Waals surface area contributed by atoms with Gasteiger partial charge >= 0.3 is 17.1 Å². The Morgan fingerprint density at radius 2 is 0.444 bits per heavy atom. The van der Waals surface area contributed by atoms with Gasteiger partial charge in [-0.05, 0) is 146 Å². The van der Waals surface area contributed by atoms with E-state index >= 15 is 0 Å². The maximum Gasteiger partial charge on any atom is 0.345 e. The zero-order valence-electron chi connectivity index (χ0n) is 28.1. The first kappa shape index (κ1) is 36.2. The fraction of sp³-hybridized carbons (Fsp3) is 0. The van der Waals surface area contributed by atoms with Gasteiger partial charge in [-0.2, -0.15) is 0 Å². The molecule has 0 amide bonds. The van der Waals surface area contributed by atoms with Crippen molar-refractivity contribution in [3.05, 3.63) is 224 Å². The summed E-state index contributed by atoms with van der Waals surface area (Å²) in [6.45, 7) is 0. The highest BCUT2D eigenvalue weighted by molar-refractivity contribution is 9.11. The van der Waals surface area contributed by atoms with E-state index in [0.717, 1.165) is 43.8 Å². The van der Waals surface area contributed by atoms with Crippen molar-refractivity contribution in [3.63, 3.8) is 0 Å². The van der Waals surface area contributed by atoms with Crippen molar-refractivity contribution in [2.75, 3.05) is 0 Å². The van der Waals surface area contributed by atoms with Crippen LogP contribution in [0.5, 0.6) is 0 Å². The number of hydrogen-bond acceptors (Lipinski definition) is 3. The average molecular weight is 894 g/mol. The number of hydrogen-bond donors (Lipinski definition) is 0. The molecule has 258 valence electrons. The maximum atomic E-state index is 14.2. The summed E-state index contributed by atoms with van der Waals surface area (Å²) in [5.41, 5.74) is 2.93. The molecule has 54 heavy (non-hydrogen) atoms. The third-order valence-corrected chi connectivity index (χ3v) is 9.70. The highest BCUT2D eigenvalue weighted by atomic mass is 79.9. The van der Waals surface area contributed by atoms with Crippen LogP contribution in [0, 0.1) is 35.5 Å². The van der Waals surface area contributed by atoms with Crippen molar-refractivity contribution in [2.45, 2.75) is 0 Å². The second-order valence-electron chi connectivity index (χ2n) is 11.8. The standard InChI is InChI=1S/C45H24Br3N3O3/c46-37-19-7-31(8-20-37)1-4-34-13-25-40(26-14-34)49-43(52)50(41-27-15-35(16-28-41)5-2-32-9-21-38(47)22-10-32)45(54)51(44(49)53)42-29-17-36(18-30-42)6-3-33-11-23-39(48)24-12-33/h7-30H. The molecule has 0 aliphatic carbocycles. The molecule has 0 saturated carbocycles. The lowest BCUT2D eigenvalue weighted by atomic mass is 10.1. The summed E-state index contributed by atoms with van der Waals surface area (Å²) in [6, 6.07) is 43.1. The van der Waals surface area contributed by atoms with Gasteiger partial charge in [-0.15, -0.1) is 0 Å². The second kappa shape index (κ2) is 16.3. The molecule has 7 aromatic rings. The van der Waals surface area contributed by atoms with Crippen molar-refractivity contribution >= 4 is 47.8 Å². The van der Waals surface area contributed by atoms with E-state index in [-0.39, 0.29) is 17.1 Å². The van der Waals surface area contributed by atoms with Gasteiger partial charge in [0, 0.05) is 46.8 Å². The van der Waals surface area contributed by atoms with Gasteiger partial charge in [-0.3, -0.25) is 0 Å². The van der Waals surface area contributed by atoms with Crippen LogP contribution in [0.25, 0.3) is 17.1 Å². The quantitative estimate of drug-likeness (QED) is 0.167. The minimum atomic E-state index is -0.819. The Bertz CT molecular complexity index is 2530. The monoisotopic (exact) mass is 891 g/mol. The Morgan fingerprint density at radius 3 is 0.630 bits per heavy atom. The molecule has 0 unspecified atom stereocenters. The van der Waals surface area contributed by atoms with Gasteiger partial charge in [0.2, 0.25) is 0 Å². The summed E-state index contributed by atoms with van der Waals surface area (Å²) in [4.78, 5) is 42.5. The van der Waals surface area contributed by atoms with Gasteiger partial charge in [0.1, 0.15) is 0 Å². The van der Waals surface area contributed by atoms with E-state index in [0.29, 0.717) is 16.7 Å². The first-order chi connectivity index (χ1) is 26.2. The van der Waals surface area contributed by atoms with Gasteiger partial charge in [-0.25, -0.2) is 28.1 Å². The van der Waals surface area contributed by atoms with Crippen LogP contribution in [0.15, 0.2) is 173 Å². The molecule has 0 atom stereocenters. The van der Waals surface area contributed by atoms with Crippen LogP contribution >= 0.6 is 47.8 Å². The number of halogens is 3. The number of aromatic nitrogens is 3. The van der Waals surface area contributed by atoms with Crippen LogP contribution in [0.3, 0.4) is 0 Å². The topological polar surface area (TPSA) is 66.0 Å². The first-order valence-electron chi connectivity index (χ1n) is 16.4. The summed E-state index contributed by atoms with van der Waals surface area (Å²) >= 11 is 10.3. The van der Waals surface area contributed by atoms with Crippen molar-refractivity contribution in [3.8, 4) is 52.6 Å². The van der Waals surface area contributed by atoms with Crippen LogP contribution in [0.2, 0.25) is 0 Å². The largest absolute Gasteiger partial charge is 0.345 e. The summed E-state index contributed by atoms with van der Waals surface area (Å²) in [6.07, 6.45) is 0. The molecular formula is C45H24Br3N3O3. The third kappa shape index (κ3) is 8.39. The van der Waals surface area contributed by atoms with E-state index in [1.165, 1.54) is 0 Å². The highest BCUT2D eigenvalue weighted by Crippen LogP contribution is 2.14. The predicted octanol–water partition coefficient (Wildman–Crippen LogP) is 8.63. The van der Waals surface area contributed by atoms with E-state index in [4.69, 9.17) is 0 Å². The Balaban J connectivity index is 1.30. The molecule has 9 heteroatoms. The molecule has 6 aromatic carbocycles. The number of rotatable bonds is 3. The lowest BCUT2D eigenvalue weighted by Gasteiger charge is -2.14. The molecule has 0 aliphatic rings. The Labute approximate surface area is 335 Å². The molecule has 1 heterocycles.